The average Bonchev–Trinajstić information content (AvgIpc) is 3.69. The number of anilines is 2. The van der Waals surface area contributed by atoms with Gasteiger partial charge in [0.25, 0.3) is 11.8 Å². The van der Waals surface area contributed by atoms with Crippen LogP contribution in [0.1, 0.15) is 56.6 Å². The first kappa shape index (κ1) is 34.3. The minimum absolute atomic E-state index is 0.0334. The van der Waals surface area contributed by atoms with Crippen LogP contribution >= 0.6 is 11.6 Å². The highest BCUT2D eigenvalue weighted by atomic mass is 35.5. The van der Waals surface area contributed by atoms with Gasteiger partial charge in [0.2, 0.25) is 11.8 Å². The highest BCUT2D eigenvalue weighted by Crippen LogP contribution is 2.50. The molecule has 0 aromatic heterocycles. The number of nitrogens with zero attached hydrogens (tertiary/aromatic N) is 2. The van der Waals surface area contributed by atoms with Crippen LogP contribution < -0.4 is 21.3 Å². The van der Waals surface area contributed by atoms with Crippen LogP contribution in [0, 0.1) is 16.7 Å². The molecule has 4 aliphatic rings. The summed E-state index contributed by atoms with van der Waals surface area (Å²) in [5, 5.41) is 31.5. The van der Waals surface area contributed by atoms with E-state index in [9.17, 15) is 33.2 Å². The van der Waals surface area contributed by atoms with E-state index in [1.54, 1.807) is 47.4 Å². The Morgan fingerprint density at radius 1 is 1.04 bits per heavy atom. The van der Waals surface area contributed by atoms with Gasteiger partial charge in [0.15, 0.2) is 5.71 Å². The molecule has 2 saturated carbocycles. The number of hydrogen-bond acceptors (Lipinski definition) is 7. The van der Waals surface area contributed by atoms with E-state index in [0.717, 1.165) is 24.0 Å². The molecule has 3 fully saturated rings. The number of nitrogens with one attached hydrogen (secondary N) is 5. The van der Waals surface area contributed by atoms with Gasteiger partial charge in [-0.15, -0.1) is 0 Å². The number of benzene rings is 2. The maximum Gasteiger partial charge on any atom is 0.318 e. The van der Waals surface area contributed by atoms with Gasteiger partial charge >= 0.3 is 6.03 Å². The fourth-order valence-corrected chi connectivity index (χ4v) is 7.40. The Morgan fingerprint density at radius 2 is 1.73 bits per heavy atom. The number of rotatable bonds is 9. The molecule has 1 unspecified atom stereocenters. The van der Waals surface area contributed by atoms with Crippen molar-refractivity contribution in [3.05, 3.63) is 58.6 Å². The summed E-state index contributed by atoms with van der Waals surface area (Å²) in [5.74, 6) is -5.54. The zero-order valence-corrected chi connectivity index (χ0v) is 27.6. The van der Waals surface area contributed by atoms with E-state index in [-0.39, 0.29) is 48.7 Å². The fraction of sp³-hybridized carbons (Fsp3) is 0.471. The minimum atomic E-state index is -2.87. The Bertz CT molecular complexity index is 1740. The number of fused-ring (bicyclic) bond motifs is 1. The molecule has 2 atom stereocenters. The van der Waals surface area contributed by atoms with E-state index in [1.165, 1.54) is 6.92 Å². The van der Waals surface area contributed by atoms with E-state index in [1.807, 2.05) is 0 Å². The summed E-state index contributed by atoms with van der Waals surface area (Å²) in [6.45, 7) is 2.22. The third kappa shape index (κ3) is 7.10. The van der Waals surface area contributed by atoms with Gasteiger partial charge in [-0.3, -0.25) is 14.4 Å². The molecule has 6 N–H and O–H groups in total. The van der Waals surface area contributed by atoms with Crippen molar-refractivity contribution in [2.45, 2.75) is 75.8 Å². The van der Waals surface area contributed by atoms with Crippen LogP contribution in [0.2, 0.25) is 5.02 Å². The van der Waals surface area contributed by atoms with Gasteiger partial charge in [-0.2, -0.15) is 0 Å². The van der Waals surface area contributed by atoms with Gasteiger partial charge < -0.3 is 36.8 Å². The number of carbonyl (C=O) groups is 4. The van der Waals surface area contributed by atoms with Crippen LogP contribution in [0.15, 0.2) is 47.6 Å². The monoisotopic (exact) mass is 697 g/mol. The number of carbonyl (C=O) groups excluding carboxylic acids is 4. The highest BCUT2D eigenvalue weighted by Gasteiger charge is 2.57. The third-order valence-corrected chi connectivity index (χ3v) is 10.5. The molecule has 2 aromatic carbocycles. The Hall–Kier alpha value is -4.59. The van der Waals surface area contributed by atoms with Crippen LogP contribution in [0.3, 0.4) is 0 Å². The van der Waals surface area contributed by atoms with Gasteiger partial charge in [0.1, 0.15) is 11.6 Å². The largest absolute Gasteiger partial charge is 0.410 e. The lowest BCUT2D eigenvalue weighted by Crippen LogP contribution is -2.66. The van der Waals surface area contributed by atoms with Crippen LogP contribution in [-0.4, -0.2) is 75.9 Å². The van der Waals surface area contributed by atoms with E-state index >= 15 is 0 Å². The van der Waals surface area contributed by atoms with Gasteiger partial charge in [-0.1, -0.05) is 28.9 Å². The molecule has 0 radical (unpaired) electrons. The zero-order valence-electron chi connectivity index (χ0n) is 26.9. The summed E-state index contributed by atoms with van der Waals surface area (Å²) in [6.07, 6.45) is 1.31. The SMILES string of the molecule is CC(=N)C(=NO)C(=O)N[C@H](C(=O)Nc1ccc2c(c1)CC(C(=O)Nc1cccc(Cl)c1)(N1CC3(CC3)CNC1=O)C2)C1CCC(F)(F)CC1. The van der Waals surface area contributed by atoms with Crippen molar-refractivity contribution >= 4 is 58.2 Å². The van der Waals surface area contributed by atoms with E-state index in [2.05, 4.69) is 26.4 Å². The zero-order chi connectivity index (χ0) is 35.1. The smallest absolute Gasteiger partial charge is 0.318 e. The molecule has 6 rings (SSSR count). The number of alkyl halides is 2. The molecule has 0 bridgehead atoms. The topological polar surface area (TPSA) is 176 Å². The van der Waals surface area contributed by atoms with Crippen molar-refractivity contribution in [3.8, 4) is 0 Å². The standard InChI is InChI=1S/C34H38ClF2N7O5/c1-19(38)26(43-49)28(45)42-27(20-7-9-34(36,37)10-8-20)29(46)40-25-6-5-21-15-33(16-22(21)13-25,30(47)41-24-4-2-3-23(35)14-24)44-18-32(11-12-32)17-39-31(44)48/h2-6,13-14,20,27,38,49H,7-12,15-18H2,1H3,(H,39,48)(H,40,46)(H,41,47)(H,42,45)/t27-,33?/m0/s1. The average molecular weight is 698 g/mol. The lowest BCUT2D eigenvalue weighted by atomic mass is 9.81. The fourth-order valence-electron chi connectivity index (χ4n) is 7.21. The van der Waals surface area contributed by atoms with Crippen LogP contribution in [0.5, 0.6) is 0 Å². The summed E-state index contributed by atoms with van der Waals surface area (Å²) in [4.78, 5) is 55.8. The number of amides is 5. The molecule has 12 nitrogen and oxygen atoms in total. The molecule has 1 spiro atoms. The molecule has 1 saturated heterocycles. The molecule has 1 heterocycles. The molecule has 1 aliphatic heterocycles. The predicted molar refractivity (Wildman–Crippen MR) is 179 cm³/mol. The molecule has 2 aromatic rings. The molecule has 3 aliphatic carbocycles. The predicted octanol–water partition coefficient (Wildman–Crippen LogP) is 4.74. The first-order valence-electron chi connectivity index (χ1n) is 16.2. The van der Waals surface area contributed by atoms with Crippen LogP contribution in [-0.2, 0) is 27.2 Å². The van der Waals surface area contributed by atoms with Crippen molar-refractivity contribution in [1.29, 1.82) is 5.41 Å². The van der Waals surface area contributed by atoms with Crippen molar-refractivity contribution < 1.29 is 33.2 Å². The molecule has 5 amide bonds. The minimum Gasteiger partial charge on any atom is -0.410 e. The molecular weight excluding hydrogens is 660 g/mol. The van der Waals surface area contributed by atoms with Gasteiger partial charge in [-0.05, 0) is 80.0 Å². The van der Waals surface area contributed by atoms with Crippen LogP contribution in [0.4, 0.5) is 25.0 Å². The summed E-state index contributed by atoms with van der Waals surface area (Å²) in [5.41, 5.74) is 0.0782. The Labute approximate surface area is 286 Å². The summed E-state index contributed by atoms with van der Waals surface area (Å²) in [6, 6.07) is 10.3. The number of halogens is 3. The Kier molecular flexibility index (Phi) is 9.12. The lowest BCUT2D eigenvalue weighted by molar-refractivity contribution is -0.127. The van der Waals surface area contributed by atoms with Crippen molar-refractivity contribution in [3.63, 3.8) is 0 Å². The van der Waals surface area contributed by atoms with E-state index < -0.39 is 53.8 Å². The number of oxime groups is 1. The maximum absolute atomic E-state index is 14.2. The molecular formula is C34H38ClF2N7O5. The normalized spacial score (nSPS) is 23.2. The quantitative estimate of drug-likeness (QED) is 0.126. The number of urea groups is 1. The van der Waals surface area contributed by atoms with Gasteiger partial charge in [0, 0.05) is 60.6 Å². The summed E-state index contributed by atoms with van der Waals surface area (Å²) >= 11 is 6.18. The van der Waals surface area contributed by atoms with E-state index in [0.29, 0.717) is 29.5 Å². The van der Waals surface area contributed by atoms with Crippen molar-refractivity contribution in [2.24, 2.45) is 16.5 Å². The first-order valence-corrected chi connectivity index (χ1v) is 16.6. The molecule has 49 heavy (non-hydrogen) atoms. The van der Waals surface area contributed by atoms with Gasteiger partial charge in [-0.25, -0.2) is 13.6 Å². The Morgan fingerprint density at radius 3 is 2.39 bits per heavy atom. The van der Waals surface area contributed by atoms with Gasteiger partial charge in [0.05, 0.1) is 5.71 Å². The van der Waals surface area contributed by atoms with Crippen molar-refractivity contribution in [1.82, 2.24) is 15.5 Å². The highest BCUT2D eigenvalue weighted by molar-refractivity contribution is 6.65. The number of hydrogen-bond donors (Lipinski definition) is 6. The second kappa shape index (κ2) is 13.0. The second-order valence-corrected chi connectivity index (χ2v) is 14.2. The summed E-state index contributed by atoms with van der Waals surface area (Å²) < 4.78 is 28.0. The third-order valence-electron chi connectivity index (χ3n) is 10.2. The first-order chi connectivity index (χ1) is 23.2. The van der Waals surface area contributed by atoms with Crippen LogP contribution in [0.25, 0.3) is 0 Å². The van der Waals surface area contributed by atoms with Crippen molar-refractivity contribution in [2.75, 3.05) is 23.7 Å². The Balaban J connectivity index is 1.26. The van der Waals surface area contributed by atoms with E-state index in [4.69, 9.17) is 17.0 Å². The molecule has 260 valence electrons. The second-order valence-electron chi connectivity index (χ2n) is 13.8. The maximum atomic E-state index is 14.2. The molecule has 15 heteroatoms. The summed E-state index contributed by atoms with van der Waals surface area (Å²) in [7, 11) is 0. The lowest BCUT2D eigenvalue weighted by Gasteiger charge is -2.44.